The van der Waals surface area contributed by atoms with Gasteiger partial charge in [0.2, 0.25) is 0 Å². The van der Waals surface area contributed by atoms with E-state index in [1.807, 2.05) is 19.1 Å². The number of rotatable bonds is 4. The number of benzene rings is 1. The van der Waals surface area contributed by atoms with Crippen LogP contribution in [0.1, 0.15) is 27.1 Å². The number of halogens is 2. The van der Waals surface area contributed by atoms with E-state index >= 15 is 0 Å². The van der Waals surface area contributed by atoms with Crippen molar-refractivity contribution < 1.29 is 0 Å². The molecule has 2 nitrogen and oxygen atoms in total. The zero-order valence-electron chi connectivity index (χ0n) is 10.9. The smallest absolute Gasteiger partial charge is 0.0977 e. The number of nitrogens with zero attached hydrogens (tertiary/aromatic N) is 1. The highest BCUT2D eigenvalue weighted by Crippen LogP contribution is 2.31. The largest absolute Gasteiger partial charge is 0.330 e. The lowest BCUT2D eigenvalue weighted by molar-refractivity contribution is 0.687. The van der Waals surface area contributed by atoms with Crippen LogP contribution in [0, 0.1) is 13.8 Å². The van der Waals surface area contributed by atoms with Gasteiger partial charge in [-0.05, 0) is 31.9 Å². The van der Waals surface area contributed by atoms with E-state index in [-0.39, 0.29) is 5.92 Å². The van der Waals surface area contributed by atoms with Gasteiger partial charge < -0.3 is 5.73 Å². The molecule has 0 aliphatic carbocycles. The van der Waals surface area contributed by atoms with E-state index < -0.39 is 0 Å². The molecule has 1 aromatic carbocycles. The van der Waals surface area contributed by atoms with Crippen LogP contribution in [0.2, 0.25) is 10.0 Å². The van der Waals surface area contributed by atoms with Crippen LogP contribution in [0.15, 0.2) is 18.2 Å². The van der Waals surface area contributed by atoms with E-state index in [0.717, 1.165) is 22.7 Å². The third-order valence-corrected chi connectivity index (χ3v) is 5.27. The van der Waals surface area contributed by atoms with E-state index in [4.69, 9.17) is 28.9 Å². The summed E-state index contributed by atoms with van der Waals surface area (Å²) < 4.78 is 0. The molecule has 19 heavy (non-hydrogen) atoms. The highest BCUT2D eigenvalue weighted by atomic mass is 35.5. The number of aromatic nitrogens is 1. The fourth-order valence-electron chi connectivity index (χ4n) is 1.92. The van der Waals surface area contributed by atoms with Crippen LogP contribution in [-0.4, -0.2) is 11.5 Å². The second-order valence-electron chi connectivity index (χ2n) is 4.54. The van der Waals surface area contributed by atoms with Gasteiger partial charge in [0.15, 0.2) is 0 Å². The first-order chi connectivity index (χ1) is 9.02. The van der Waals surface area contributed by atoms with Gasteiger partial charge in [-0.3, -0.25) is 0 Å². The number of hydrogen-bond acceptors (Lipinski definition) is 3. The van der Waals surface area contributed by atoms with Gasteiger partial charge >= 0.3 is 0 Å². The third-order valence-electron chi connectivity index (χ3n) is 3.18. The molecule has 0 bridgehead atoms. The molecule has 0 aliphatic rings. The maximum Gasteiger partial charge on any atom is 0.0977 e. The van der Waals surface area contributed by atoms with Gasteiger partial charge in [0.25, 0.3) is 0 Å². The molecule has 2 rings (SSSR count). The molecule has 0 radical (unpaired) electrons. The van der Waals surface area contributed by atoms with Crippen molar-refractivity contribution in [2.24, 2.45) is 5.73 Å². The Labute approximate surface area is 127 Å². The molecule has 2 aromatic rings. The Kier molecular flexibility index (Phi) is 4.85. The average Bonchev–Trinajstić information content (AvgIpc) is 2.71. The van der Waals surface area contributed by atoms with Crippen LogP contribution in [0.4, 0.5) is 0 Å². The molecule has 0 spiro atoms. The van der Waals surface area contributed by atoms with Crippen molar-refractivity contribution in [3.05, 3.63) is 49.4 Å². The number of hydrogen-bond donors (Lipinski definition) is 1. The molecule has 1 unspecified atom stereocenters. The lowest BCUT2D eigenvalue weighted by Crippen LogP contribution is -2.15. The first-order valence-electron chi connectivity index (χ1n) is 6.09. The van der Waals surface area contributed by atoms with Gasteiger partial charge in [0, 0.05) is 17.3 Å². The third kappa shape index (κ3) is 3.29. The number of nitrogens with two attached hydrogens (primary N) is 1. The van der Waals surface area contributed by atoms with Gasteiger partial charge in [-0.2, -0.15) is 0 Å². The molecule has 2 N–H and O–H groups in total. The van der Waals surface area contributed by atoms with Crippen molar-refractivity contribution >= 4 is 34.5 Å². The fraction of sp³-hybridized carbons (Fsp3) is 0.357. The van der Waals surface area contributed by atoms with Crippen LogP contribution in [0.25, 0.3) is 0 Å². The van der Waals surface area contributed by atoms with Gasteiger partial charge in [0.05, 0.1) is 20.7 Å². The highest BCUT2D eigenvalue weighted by Gasteiger charge is 2.17. The molecule has 0 fully saturated rings. The summed E-state index contributed by atoms with van der Waals surface area (Å²) >= 11 is 14.0. The Morgan fingerprint density at radius 2 is 2.05 bits per heavy atom. The maximum atomic E-state index is 6.23. The van der Waals surface area contributed by atoms with Crippen molar-refractivity contribution in [3.8, 4) is 0 Å². The van der Waals surface area contributed by atoms with E-state index in [9.17, 15) is 0 Å². The minimum Gasteiger partial charge on any atom is -0.330 e. The zero-order valence-corrected chi connectivity index (χ0v) is 13.2. The standard InChI is InChI=1S/C14H16Cl2N2S/c1-8-9(2)19-14(18-8)11(7-17)6-10-4-3-5-12(15)13(10)16/h3-5,11H,6-7,17H2,1-2H3. The van der Waals surface area contributed by atoms with Crippen molar-refractivity contribution in [1.29, 1.82) is 0 Å². The Balaban J connectivity index is 2.26. The predicted octanol–water partition coefficient (Wildman–Crippen LogP) is 4.35. The SMILES string of the molecule is Cc1nc(C(CN)Cc2cccc(Cl)c2Cl)sc1C. The van der Waals surface area contributed by atoms with Crippen molar-refractivity contribution in [3.63, 3.8) is 0 Å². The Morgan fingerprint density at radius 3 is 2.63 bits per heavy atom. The van der Waals surface area contributed by atoms with Crippen molar-refractivity contribution in [2.75, 3.05) is 6.54 Å². The normalized spacial score (nSPS) is 12.7. The van der Waals surface area contributed by atoms with Gasteiger partial charge in [-0.25, -0.2) is 4.98 Å². The molecule has 1 aromatic heterocycles. The van der Waals surface area contributed by atoms with Crippen molar-refractivity contribution in [2.45, 2.75) is 26.2 Å². The minimum absolute atomic E-state index is 0.188. The fourth-order valence-corrected chi connectivity index (χ4v) is 3.35. The van der Waals surface area contributed by atoms with E-state index in [2.05, 4.69) is 11.9 Å². The summed E-state index contributed by atoms with van der Waals surface area (Å²) in [6, 6.07) is 5.70. The van der Waals surface area contributed by atoms with Gasteiger partial charge in [0.1, 0.15) is 0 Å². The molecule has 0 saturated carbocycles. The molecular formula is C14H16Cl2N2S. The summed E-state index contributed by atoms with van der Waals surface area (Å²) in [4.78, 5) is 5.83. The summed E-state index contributed by atoms with van der Waals surface area (Å²) in [5.41, 5.74) is 7.99. The minimum atomic E-state index is 0.188. The van der Waals surface area contributed by atoms with Crippen molar-refractivity contribution in [1.82, 2.24) is 4.98 Å². The lowest BCUT2D eigenvalue weighted by Gasteiger charge is -2.13. The summed E-state index contributed by atoms with van der Waals surface area (Å²) in [6.45, 7) is 4.65. The van der Waals surface area contributed by atoms with E-state index in [1.165, 1.54) is 4.88 Å². The van der Waals surface area contributed by atoms with E-state index in [0.29, 0.717) is 16.6 Å². The summed E-state index contributed by atoms with van der Waals surface area (Å²) in [5.74, 6) is 0.188. The topological polar surface area (TPSA) is 38.9 Å². The lowest BCUT2D eigenvalue weighted by atomic mass is 10.00. The molecule has 0 saturated heterocycles. The molecule has 102 valence electrons. The van der Waals surface area contributed by atoms with Crippen LogP contribution in [-0.2, 0) is 6.42 Å². The number of thiazole rings is 1. The molecule has 1 heterocycles. The first-order valence-corrected chi connectivity index (χ1v) is 7.67. The highest BCUT2D eigenvalue weighted by molar-refractivity contribution is 7.11. The molecule has 5 heteroatoms. The Bertz CT molecular complexity index is 561. The monoisotopic (exact) mass is 314 g/mol. The summed E-state index contributed by atoms with van der Waals surface area (Å²) in [5, 5.41) is 2.28. The molecule has 0 amide bonds. The second kappa shape index (κ2) is 6.23. The Morgan fingerprint density at radius 1 is 1.32 bits per heavy atom. The summed E-state index contributed by atoms with van der Waals surface area (Å²) in [7, 11) is 0. The number of aryl methyl sites for hydroxylation is 2. The second-order valence-corrected chi connectivity index (χ2v) is 6.56. The molecular weight excluding hydrogens is 299 g/mol. The van der Waals surface area contributed by atoms with Gasteiger partial charge in [-0.1, -0.05) is 35.3 Å². The maximum absolute atomic E-state index is 6.23. The first kappa shape index (κ1) is 14.8. The van der Waals surface area contributed by atoms with Crippen LogP contribution >= 0.6 is 34.5 Å². The molecule has 0 aliphatic heterocycles. The Hall–Kier alpha value is -0.610. The van der Waals surface area contributed by atoms with Crippen LogP contribution < -0.4 is 5.73 Å². The van der Waals surface area contributed by atoms with Gasteiger partial charge in [-0.15, -0.1) is 11.3 Å². The van der Waals surface area contributed by atoms with E-state index in [1.54, 1.807) is 17.4 Å². The predicted molar refractivity (Wildman–Crippen MR) is 83.5 cm³/mol. The molecule has 1 atom stereocenters. The quantitative estimate of drug-likeness (QED) is 0.911. The van der Waals surface area contributed by atoms with Crippen LogP contribution in [0.3, 0.4) is 0 Å². The zero-order chi connectivity index (χ0) is 14.0. The van der Waals surface area contributed by atoms with Crippen LogP contribution in [0.5, 0.6) is 0 Å². The summed E-state index contributed by atoms with van der Waals surface area (Å²) in [6.07, 6.45) is 0.766. The average molecular weight is 315 g/mol.